The molecule has 1 atom stereocenters. The molecule has 2 rings (SSSR count). The number of nitrogens with zero attached hydrogens (tertiary/aromatic N) is 1. The van der Waals surface area contributed by atoms with E-state index in [1.165, 1.54) is 6.39 Å². The Morgan fingerprint density at radius 1 is 1.60 bits per heavy atom. The molecule has 1 unspecified atom stereocenters. The summed E-state index contributed by atoms with van der Waals surface area (Å²) < 4.78 is 10.4. The van der Waals surface area contributed by atoms with Gasteiger partial charge in [0.05, 0.1) is 6.20 Å². The summed E-state index contributed by atoms with van der Waals surface area (Å²) in [5, 5.41) is 0. The van der Waals surface area contributed by atoms with E-state index in [1.54, 1.807) is 6.20 Å². The van der Waals surface area contributed by atoms with E-state index in [9.17, 15) is 0 Å². The molecule has 0 radical (unpaired) electrons. The van der Waals surface area contributed by atoms with Crippen molar-refractivity contribution in [3.8, 4) is 0 Å². The minimum atomic E-state index is 0.169. The molecule has 54 valence electrons. The standard InChI is InChI=1S/C7H9NO2/c1-2-6(9-3-1)7-4-8-5-10-7/h4-6H,1-3H2. The van der Waals surface area contributed by atoms with Crippen LogP contribution in [0.2, 0.25) is 0 Å². The van der Waals surface area contributed by atoms with Crippen molar-refractivity contribution in [3.05, 3.63) is 18.4 Å². The highest BCUT2D eigenvalue weighted by Crippen LogP contribution is 2.27. The molecule has 1 fully saturated rings. The Bertz CT molecular complexity index is 189. The van der Waals surface area contributed by atoms with Gasteiger partial charge >= 0.3 is 0 Å². The van der Waals surface area contributed by atoms with Crippen LogP contribution >= 0.6 is 0 Å². The predicted octanol–water partition coefficient (Wildman–Crippen LogP) is 1.53. The monoisotopic (exact) mass is 139 g/mol. The molecule has 1 aromatic heterocycles. The van der Waals surface area contributed by atoms with Gasteiger partial charge in [0.1, 0.15) is 6.10 Å². The van der Waals surface area contributed by atoms with Gasteiger partial charge in [0.15, 0.2) is 12.2 Å². The van der Waals surface area contributed by atoms with Gasteiger partial charge in [-0.2, -0.15) is 0 Å². The van der Waals surface area contributed by atoms with Crippen LogP contribution in [-0.4, -0.2) is 11.6 Å². The maximum atomic E-state index is 5.36. The lowest BCUT2D eigenvalue weighted by molar-refractivity contribution is 0.0936. The molecule has 1 saturated heterocycles. The molecular formula is C7H9NO2. The molecule has 0 spiro atoms. The molecule has 0 aromatic carbocycles. The first-order valence-electron chi connectivity index (χ1n) is 3.47. The number of hydrogen-bond donors (Lipinski definition) is 0. The Hall–Kier alpha value is -0.830. The first-order valence-corrected chi connectivity index (χ1v) is 3.47. The van der Waals surface area contributed by atoms with Crippen LogP contribution in [0.1, 0.15) is 24.7 Å². The van der Waals surface area contributed by atoms with E-state index in [0.29, 0.717) is 0 Å². The van der Waals surface area contributed by atoms with Crippen LogP contribution in [-0.2, 0) is 4.74 Å². The molecule has 10 heavy (non-hydrogen) atoms. The molecule has 3 nitrogen and oxygen atoms in total. The van der Waals surface area contributed by atoms with E-state index in [0.717, 1.165) is 25.2 Å². The molecule has 0 aliphatic carbocycles. The van der Waals surface area contributed by atoms with E-state index in [2.05, 4.69) is 4.98 Å². The van der Waals surface area contributed by atoms with Gasteiger partial charge in [-0.1, -0.05) is 0 Å². The summed E-state index contributed by atoms with van der Waals surface area (Å²) in [5.74, 6) is 0.859. The van der Waals surface area contributed by atoms with Gasteiger partial charge in [-0.05, 0) is 12.8 Å². The Morgan fingerprint density at radius 2 is 2.60 bits per heavy atom. The van der Waals surface area contributed by atoms with E-state index in [1.807, 2.05) is 0 Å². The molecule has 1 aromatic rings. The third kappa shape index (κ3) is 0.926. The van der Waals surface area contributed by atoms with Crippen molar-refractivity contribution < 1.29 is 9.15 Å². The summed E-state index contributed by atoms with van der Waals surface area (Å²) in [7, 11) is 0. The van der Waals surface area contributed by atoms with E-state index >= 15 is 0 Å². The predicted molar refractivity (Wildman–Crippen MR) is 34.4 cm³/mol. The minimum absolute atomic E-state index is 0.169. The third-order valence-electron chi connectivity index (χ3n) is 1.70. The summed E-state index contributed by atoms with van der Waals surface area (Å²) in [6.45, 7) is 0.853. The Balaban J connectivity index is 2.12. The highest BCUT2D eigenvalue weighted by molar-refractivity contribution is 4.95. The van der Waals surface area contributed by atoms with Gasteiger partial charge in [0, 0.05) is 6.61 Å². The van der Waals surface area contributed by atoms with Crippen molar-refractivity contribution in [1.29, 1.82) is 0 Å². The smallest absolute Gasteiger partial charge is 0.180 e. The number of oxazole rings is 1. The van der Waals surface area contributed by atoms with Crippen LogP contribution in [0.4, 0.5) is 0 Å². The summed E-state index contributed by atoms with van der Waals surface area (Å²) in [6.07, 6.45) is 5.52. The van der Waals surface area contributed by atoms with Gasteiger partial charge in [0.25, 0.3) is 0 Å². The highest BCUT2D eigenvalue weighted by atomic mass is 16.5. The summed E-state index contributed by atoms with van der Waals surface area (Å²) in [6, 6.07) is 0. The SMILES string of the molecule is c1ncc(C2CCCO2)o1. The first-order chi connectivity index (χ1) is 4.97. The Kier molecular flexibility index (Phi) is 1.43. The van der Waals surface area contributed by atoms with Crippen molar-refractivity contribution >= 4 is 0 Å². The topological polar surface area (TPSA) is 35.3 Å². The zero-order valence-corrected chi connectivity index (χ0v) is 5.62. The second kappa shape index (κ2) is 2.42. The maximum absolute atomic E-state index is 5.36. The zero-order valence-electron chi connectivity index (χ0n) is 5.62. The van der Waals surface area contributed by atoms with Gasteiger partial charge < -0.3 is 9.15 Å². The average Bonchev–Trinajstić information content (AvgIpc) is 2.59. The quantitative estimate of drug-likeness (QED) is 0.591. The summed E-state index contributed by atoms with van der Waals surface area (Å²) in [4.78, 5) is 3.82. The van der Waals surface area contributed by atoms with Crippen LogP contribution in [0.5, 0.6) is 0 Å². The number of rotatable bonds is 1. The molecule has 0 amide bonds. The molecular weight excluding hydrogens is 130 g/mol. The Morgan fingerprint density at radius 3 is 3.20 bits per heavy atom. The van der Waals surface area contributed by atoms with E-state index in [4.69, 9.17) is 9.15 Å². The normalized spacial score (nSPS) is 25.4. The molecule has 3 heteroatoms. The largest absolute Gasteiger partial charge is 0.446 e. The number of ether oxygens (including phenoxy) is 1. The van der Waals surface area contributed by atoms with Gasteiger partial charge in [-0.15, -0.1) is 0 Å². The lowest BCUT2D eigenvalue weighted by atomic mass is 10.2. The molecule has 0 saturated carbocycles. The first kappa shape index (κ1) is 5.92. The van der Waals surface area contributed by atoms with Crippen LogP contribution in [0.3, 0.4) is 0 Å². The van der Waals surface area contributed by atoms with E-state index in [-0.39, 0.29) is 6.10 Å². The third-order valence-corrected chi connectivity index (χ3v) is 1.70. The number of aromatic nitrogens is 1. The Labute approximate surface area is 59.0 Å². The van der Waals surface area contributed by atoms with Crippen molar-refractivity contribution in [3.63, 3.8) is 0 Å². The highest BCUT2D eigenvalue weighted by Gasteiger charge is 2.19. The van der Waals surface area contributed by atoms with Gasteiger partial charge in [0.2, 0.25) is 0 Å². The fraction of sp³-hybridized carbons (Fsp3) is 0.571. The molecule has 0 N–H and O–H groups in total. The second-order valence-electron chi connectivity index (χ2n) is 2.41. The van der Waals surface area contributed by atoms with Gasteiger partial charge in [-0.25, -0.2) is 4.98 Å². The number of hydrogen-bond acceptors (Lipinski definition) is 3. The summed E-state index contributed by atoms with van der Waals surface area (Å²) in [5.41, 5.74) is 0. The maximum Gasteiger partial charge on any atom is 0.180 e. The summed E-state index contributed by atoms with van der Waals surface area (Å²) >= 11 is 0. The second-order valence-corrected chi connectivity index (χ2v) is 2.41. The van der Waals surface area contributed by atoms with Crippen molar-refractivity contribution in [1.82, 2.24) is 4.98 Å². The minimum Gasteiger partial charge on any atom is -0.446 e. The lowest BCUT2D eigenvalue weighted by Gasteiger charge is -2.02. The lowest BCUT2D eigenvalue weighted by Crippen LogP contribution is -1.92. The van der Waals surface area contributed by atoms with Crippen molar-refractivity contribution in [2.75, 3.05) is 6.61 Å². The fourth-order valence-corrected chi connectivity index (χ4v) is 1.19. The van der Waals surface area contributed by atoms with Crippen LogP contribution in [0.15, 0.2) is 17.0 Å². The molecule has 1 aliphatic rings. The van der Waals surface area contributed by atoms with Crippen LogP contribution < -0.4 is 0 Å². The molecule has 1 aliphatic heterocycles. The zero-order chi connectivity index (χ0) is 6.81. The van der Waals surface area contributed by atoms with Crippen LogP contribution in [0, 0.1) is 0 Å². The molecule has 0 bridgehead atoms. The fourth-order valence-electron chi connectivity index (χ4n) is 1.19. The van der Waals surface area contributed by atoms with Gasteiger partial charge in [-0.3, -0.25) is 0 Å². The van der Waals surface area contributed by atoms with Crippen LogP contribution in [0.25, 0.3) is 0 Å². The molecule has 2 heterocycles. The van der Waals surface area contributed by atoms with Crippen molar-refractivity contribution in [2.45, 2.75) is 18.9 Å². The van der Waals surface area contributed by atoms with Crippen molar-refractivity contribution in [2.24, 2.45) is 0 Å². The van der Waals surface area contributed by atoms with E-state index < -0.39 is 0 Å². The average molecular weight is 139 g/mol.